The maximum Gasteiger partial charge on any atom is 0.329 e. The van der Waals surface area contributed by atoms with E-state index in [0.717, 1.165) is 19.0 Å². The number of imidazole rings is 1. The van der Waals surface area contributed by atoms with Crippen LogP contribution in [0, 0.1) is 17.8 Å². The predicted molar refractivity (Wildman–Crippen MR) is 233 cm³/mol. The van der Waals surface area contributed by atoms with Gasteiger partial charge in [0.05, 0.1) is 51.5 Å². The quantitative estimate of drug-likeness (QED) is 0.112. The molecule has 8 rings (SSSR count). The summed E-state index contributed by atoms with van der Waals surface area (Å²) in [5.74, 6) is 4.83. The second-order valence-corrected chi connectivity index (χ2v) is 19.2. The number of carbonyl (C=O) groups excluding carboxylic acids is 3. The Bertz CT molecular complexity index is 2720. The molecule has 3 amide bonds. The summed E-state index contributed by atoms with van der Waals surface area (Å²) in [7, 11) is -1.54. The topological polar surface area (TPSA) is 222 Å². The van der Waals surface area contributed by atoms with Gasteiger partial charge in [0.1, 0.15) is 24.6 Å². The van der Waals surface area contributed by atoms with E-state index in [1.165, 1.54) is 26.2 Å². The Hall–Kier alpha value is -6.05. The first-order chi connectivity index (χ1) is 31.2. The summed E-state index contributed by atoms with van der Waals surface area (Å²) in [6.07, 6.45) is 2.60. The number of ether oxygens (including phenoxy) is 1. The lowest BCUT2D eigenvalue weighted by Gasteiger charge is -2.38. The maximum atomic E-state index is 15.5. The van der Waals surface area contributed by atoms with Gasteiger partial charge >= 0.3 is 5.69 Å². The molecule has 3 aromatic heterocycles. The number of alkyl halides is 3. The zero-order valence-electron chi connectivity index (χ0n) is 35.7. The van der Waals surface area contributed by atoms with Gasteiger partial charge in [-0.05, 0) is 62.6 Å². The van der Waals surface area contributed by atoms with Crippen LogP contribution >= 0.6 is 0 Å². The number of likely N-dealkylation sites (tertiary alicyclic amines) is 1. The molecule has 18 nitrogen and oxygen atoms in total. The molecule has 1 saturated carbocycles. The Morgan fingerprint density at radius 2 is 1.85 bits per heavy atom. The minimum atomic E-state index is -3.14. The lowest BCUT2D eigenvalue weighted by molar-refractivity contribution is -0.135. The molecule has 4 aromatic rings. The van der Waals surface area contributed by atoms with E-state index in [4.69, 9.17) is 10.5 Å². The second kappa shape index (κ2) is 19.2. The van der Waals surface area contributed by atoms with Crippen LogP contribution in [0.5, 0.6) is 0 Å². The van der Waals surface area contributed by atoms with Crippen molar-refractivity contribution in [3.05, 3.63) is 70.4 Å². The summed E-state index contributed by atoms with van der Waals surface area (Å²) < 4.78 is 77.9. The van der Waals surface area contributed by atoms with Crippen molar-refractivity contribution in [2.75, 3.05) is 61.1 Å². The van der Waals surface area contributed by atoms with Gasteiger partial charge < -0.3 is 20.7 Å². The maximum absolute atomic E-state index is 15.5. The van der Waals surface area contributed by atoms with Crippen LogP contribution in [0.25, 0.3) is 16.6 Å². The van der Waals surface area contributed by atoms with Crippen LogP contribution in [0.1, 0.15) is 80.5 Å². The van der Waals surface area contributed by atoms with Gasteiger partial charge in [-0.15, -0.1) is 0 Å². The minimum absolute atomic E-state index is 0.0251. The summed E-state index contributed by atoms with van der Waals surface area (Å²) in [5.41, 5.74) is 6.10. The fourth-order valence-corrected chi connectivity index (χ4v) is 10.4. The Labute approximate surface area is 372 Å². The second-order valence-electron chi connectivity index (χ2n) is 16.9. The van der Waals surface area contributed by atoms with Crippen LogP contribution in [0.15, 0.2) is 47.7 Å². The molecule has 3 saturated heterocycles. The third-order valence-corrected chi connectivity index (χ3v) is 14.3. The zero-order chi connectivity index (χ0) is 46.0. The molecule has 1 aromatic carbocycles. The molecule has 0 radical (unpaired) electrons. The number of carbonyl (C=O) groups is 3. The number of nitrogens with one attached hydrogen (secondary N) is 2. The third kappa shape index (κ3) is 9.96. The van der Waals surface area contributed by atoms with Gasteiger partial charge in [0.2, 0.25) is 11.8 Å². The van der Waals surface area contributed by atoms with E-state index >= 15 is 4.39 Å². The molecular weight excluding hydrogens is 872 g/mol. The number of halogens is 3. The number of anilines is 2. The Morgan fingerprint density at radius 3 is 2.55 bits per heavy atom. The van der Waals surface area contributed by atoms with Gasteiger partial charge in [0.25, 0.3) is 12.3 Å². The molecule has 4 N–H and O–H groups in total. The van der Waals surface area contributed by atoms with Gasteiger partial charge in [-0.1, -0.05) is 17.9 Å². The highest BCUT2D eigenvalue weighted by molar-refractivity contribution is 7.91. The highest BCUT2D eigenvalue weighted by Gasteiger charge is 2.34. The number of amides is 3. The molecule has 4 fully saturated rings. The first-order valence-electron chi connectivity index (χ1n) is 21.6. The van der Waals surface area contributed by atoms with Crippen molar-refractivity contribution in [1.82, 2.24) is 39.1 Å². The summed E-state index contributed by atoms with van der Waals surface area (Å²) in [6.45, 7) is 1.92. The number of imide groups is 1. The fraction of sp³-hybridized carbons (Fsp3) is 0.512. The first kappa shape index (κ1) is 45.5. The molecule has 1 aliphatic carbocycles. The Morgan fingerprint density at radius 1 is 1.08 bits per heavy atom. The highest BCUT2D eigenvalue weighted by Crippen LogP contribution is 2.36. The van der Waals surface area contributed by atoms with Crippen molar-refractivity contribution >= 4 is 55.7 Å². The average Bonchev–Trinajstić information content (AvgIpc) is 3.81. The fourth-order valence-electron chi connectivity index (χ4n) is 9.19. The number of hydrogen-bond donors (Lipinski definition) is 3. The van der Waals surface area contributed by atoms with Crippen molar-refractivity contribution in [3.63, 3.8) is 0 Å². The summed E-state index contributed by atoms with van der Waals surface area (Å²) in [5, 5.41) is 8.99. The monoisotopic (exact) mass is 921 g/mol. The van der Waals surface area contributed by atoms with Crippen molar-refractivity contribution in [2.24, 2.45) is 18.7 Å². The molecule has 22 heteroatoms. The zero-order valence-corrected chi connectivity index (χ0v) is 36.5. The Kier molecular flexibility index (Phi) is 13.4. The predicted octanol–water partition coefficient (Wildman–Crippen LogP) is 2.63. The van der Waals surface area contributed by atoms with Crippen molar-refractivity contribution in [2.45, 2.75) is 75.7 Å². The molecule has 346 valence electrons. The number of aromatic nitrogens is 6. The van der Waals surface area contributed by atoms with Gasteiger partial charge in [-0.25, -0.2) is 36.4 Å². The van der Waals surface area contributed by atoms with Crippen molar-refractivity contribution in [1.29, 1.82) is 0 Å². The molecular formula is C43H50F3N11O7S. The van der Waals surface area contributed by atoms with Gasteiger partial charge in [0, 0.05) is 64.8 Å². The first-order valence-corrected chi connectivity index (χ1v) is 23.4. The molecule has 0 bridgehead atoms. The van der Waals surface area contributed by atoms with E-state index in [2.05, 4.69) is 42.4 Å². The summed E-state index contributed by atoms with van der Waals surface area (Å²) in [4.78, 5) is 63.3. The number of fused-ring (bicyclic) bond motifs is 1. The molecule has 4 aliphatic rings. The number of aryl methyl sites for hydroxylation is 1. The lowest BCUT2D eigenvalue weighted by Crippen LogP contribution is -2.47. The van der Waals surface area contributed by atoms with Gasteiger partial charge in [-0.2, -0.15) is 5.10 Å². The van der Waals surface area contributed by atoms with Gasteiger partial charge in [-0.3, -0.25) is 38.4 Å². The summed E-state index contributed by atoms with van der Waals surface area (Å²) >= 11 is 0. The van der Waals surface area contributed by atoms with E-state index in [1.54, 1.807) is 36.2 Å². The number of hydrogen-bond acceptors (Lipinski definition) is 13. The molecule has 6 heterocycles. The molecule has 65 heavy (non-hydrogen) atoms. The standard InChI is InChI=1S/C43H50F3N11O7S/c1-53-38-27(4-2-6-32(38)57(43(53)61)33-11-12-36(58)51-42(33)60)5-3-19-64-34-14-16-54(24-30(34)44)23-26-7-9-28(10-8-26)56-25-31(37(52-56)39(45)46)49-41(59)29(22-47)40-48-15-13-35(50-40)55-17-20-65(62,63)21-18-55/h2,4,6,13,15,22,25-26,28,30,33-34,39H,7-12,14,16-21,23-24,47H2,1H3,(H,49,59)(H,51,58,60)/b29-22+/t26?,28?,30-,33?,34-/m0/s1. The van der Waals surface area contributed by atoms with E-state index in [9.17, 15) is 36.4 Å². The van der Waals surface area contributed by atoms with Crippen LogP contribution < -0.4 is 27.0 Å². The van der Waals surface area contributed by atoms with Crippen LogP contribution in [-0.4, -0.2) is 123 Å². The number of nitrogens with two attached hydrogens (primary N) is 1. The van der Waals surface area contributed by atoms with E-state index in [1.807, 2.05) is 0 Å². The van der Waals surface area contributed by atoms with E-state index < -0.39 is 57.8 Å². The van der Waals surface area contributed by atoms with Crippen LogP contribution in [0.3, 0.4) is 0 Å². The normalized spacial score (nSPS) is 24.2. The van der Waals surface area contributed by atoms with Gasteiger partial charge in [0.15, 0.2) is 21.4 Å². The number of nitrogens with zero attached hydrogens (tertiary/aromatic N) is 8. The molecule has 0 spiro atoms. The lowest BCUT2D eigenvalue weighted by atomic mass is 9.85. The average molecular weight is 922 g/mol. The number of sulfone groups is 1. The molecule has 3 atom stereocenters. The van der Waals surface area contributed by atoms with Crippen LogP contribution in [-0.2, 0) is 36.0 Å². The van der Waals surface area contributed by atoms with Crippen molar-refractivity contribution in [3.8, 4) is 11.8 Å². The number of piperidine rings is 2. The van der Waals surface area contributed by atoms with E-state index in [0.29, 0.717) is 54.8 Å². The largest absolute Gasteiger partial charge is 0.404 e. The molecule has 3 aliphatic heterocycles. The number of rotatable bonds is 11. The highest BCUT2D eigenvalue weighted by atomic mass is 32.2. The van der Waals surface area contributed by atoms with E-state index in [-0.39, 0.29) is 85.5 Å². The number of para-hydroxylation sites is 1. The van der Waals surface area contributed by atoms with Crippen LogP contribution in [0.2, 0.25) is 0 Å². The van der Waals surface area contributed by atoms with Crippen molar-refractivity contribution < 1.29 is 40.7 Å². The summed E-state index contributed by atoms with van der Waals surface area (Å²) in [6, 6.07) is 5.80. The molecule has 1 unspecified atom stereocenters. The van der Waals surface area contributed by atoms with Crippen LogP contribution in [0.4, 0.5) is 24.7 Å². The Balaban J connectivity index is 0.816. The third-order valence-electron chi connectivity index (χ3n) is 12.7. The smallest absolute Gasteiger partial charge is 0.329 e. The SMILES string of the molecule is Cn1c(=O)n(C2CCC(=O)NC2=O)c2cccc(C#CCO[C@H]3CCN(CC4CCC(n5cc(NC(=O)/C(=C/N)c6nccc(N7CCS(=O)(=O)CC7)n6)c(C(F)F)n5)CC4)C[C@@H]3F)c21. The number of benzene rings is 1. The minimum Gasteiger partial charge on any atom is -0.404 e.